The van der Waals surface area contributed by atoms with Gasteiger partial charge in [0.1, 0.15) is 6.54 Å². The first-order chi connectivity index (χ1) is 8.65. The molecule has 2 N–H and O–H groups in total. The van der Waals surface area contributed by atoms with Crippen molar-refractivity contribution >= 4 is 22.8 Å². The van der Waals surface area contributed by atoms with Crippen LogP contribution in [-0.4, -0.2) is 28.7 Å². The molecule has 0 spiro atoms. The van der Waals surface area contributed by atoms with Crippen LogP contribution in [0.5, 0.6) is 5.88 Å². The van der Waals surface area contributed by atoms with E-state index in [1.807, 2.05) is 24.3 Å². The van der Waals surface area contributed by atoms with Gasteiger partial charge < -0.3 is 15.2 Å². The molecule has 0 aliphatic heterocycles. The van der Waals surface area contributed by atoms with E-state index in [1.54, 1.807) is 12.3 Å². The van der Waals surface area contributed by atoms with Crippen molar-refractivity contribution in [3.05, 3.63) is 36.5 Å². The fraction of sp³-hybridized carbons (Fsp3) is 0.0833. The SMILES string of the molecule is O=C(O)CNC(=O)Oc1cc2ccccc2cn1. The average molecular weight is 246 g/mol. The summed E-state index contributed by atoms with van der Waals surface area (Å²) in [7, 11) is 0. The van der Waals surface area contributed by atoms with E-state index in [4.69, 9.17) is 9.84 Å². The lowest BCUT2D eigenvalue weighted by molar-refractivity contribution is -0.135. The monoisotopic (exact) mass is 246 g/mol. The molecule has 2 rings (SSSR count). The number of amides is 1. The lowest BCUT2D eigenvalue weighted by Gasteiger charge is -2.04. The minimum absolute atomic E-state index is 0.122. The number of aliphatic carboxylic acids is 1. The van der Waals surface area contributed by atoms with E-state index in [0.29, 0.717) is 0 Å². The Morgan fingerprint density at radius 1 is 1.28 bits per heavy atom. The Morgan fingerprint density at radius 2 is 2.00 bits per heavy atom. The highest BCUT2D eigenvalue weighted by molar-refractivity contribution is 5.83. The van der Waals surface area contributed by atoms with Crippen LogP contribution >= 0.6 is 0 Å². The Balaban J connectivity index is 2.07. The standard InChI is InChI=1S/C12H10N2O4/c15-11(16)7-14-12(17)18-10-5-8-3-1-2-4-9(8)6-13-10/h1-6H,7H2,(H,14,17)(H,15,16). The van der Waals surface area contributed by atoms with Crippen molar-refractivity contribution in [3.8, 4) is 5.88 Å². The number of nitrogens with one attached hydrogen (secondary N) is 1. The summed E-state index contributed by atoms with van der Waals surface area (Å²) >= 11 is 0. The lowest BCUT2D eigenvalue weighted by Crippen LogP contribution is -2.31. The Morgan fingerprint density at radius 3 is 2.72 bits per heavy atom. The Labute approximate surface area is 102 Å². The molecule has 0 aliphatic rings. The minimum Gasteiger partial charge on any atom is -0.480 e. The molecule has 6 heteroatoms. The second-order valence-electron chi connectivity index (χ2n) is 3.51. The lowest BCUT2D eigenvalue weighted by atomic mass is 10.2. The van der Waals surface area contributed by atoms with Crippen molar-refractivity contribution < 1.29 is 19.4 Å². The van der Waals surface area contributed by atoms with Gasteiger partial charge in [-0.05, 0) is 5.39 Å². The summed E-state index contributed by atoms with van der Waals surface area (Å²) < 4.78 is 4.85. The number of pyridine rings is 1. The van der Waals surface area contributed by atoms with Gasteiger partial charge in [-0.25, -0.2) is 9.78 Å². The third-order valence-corrected chi connectivity index (χ3v) is 2.19. The number of carboxylic acid groups (broad SMARTS) is 1. The van der Waals surface area contributed by atoms with Gasteiger partial charge in [0.15, 0.2) is 0 Å². The summed E-state index contributed by atoms with van der Waals surface area (Å²) in [6, 6.07) is 9.09. The molecule has 1 aromatic carbocycles. The van der Waals surface area contributed by atoms with Crippen molar-refractivity contribution in [1.82, 2.24) is 10.3 Å². The van der Waals surface area contributed by atoms with Crippen LogP contribution in [0.25, 0.3) is 10.8 Å². The van der Waals surface area contributed by atoms with Crippen LogP contribution in [0, 0.1) is 0 Å². The molecule has 1 heterocycles. The third kappa shape index (κ3) is 2.94. The quantitative estimate of drug-likeness (QED) is 0.854. The number of carboxylic acids is 1. The number of hydrogen-bond donors (Lipinski definition) is 2. The summed E-state index contributed by atoms with van der Waals surface area (Å²) in [5.41, 5.74) is 0. The molecule has 0 radical (unpaired) electrons. The molecule has 2 aromatic rings. The largest absolute Gasteiger partial charge is 0.480 e. The molecule has 6 nitrogen and oxygen atoms in total. The number of aromatic nitrogens is 1. The molecule has 0 saturated carbocycles. The second kappa shape index (κ2) is 5.13. The maximum Gasteiger partial charge on any atom is 0.414 e. The average Bonchev–Trinajstić information content (AvgIpc) is 2.36. The Kier molecular flexibility index (Phi) is 3.38. The first kappa shape index (κ1) is 11.8. The van der Waals surface area contributed by atoms with Crippen LogP contribution in [0.1, 0.15) is 0 Å². The molecule has 92 valence electrons. The van der Waals surface area contributed by atoms with Crippen LogP contribution in [0.15, 0.2) is 36.5 Å². The maximum atomic E-state index is 11.2. The minimum atomic E-state index is -1.14. The van der Waals surface area contributed by atoms with Crippen molar-refractivity contribution in [2.45, 2.75) is 0 Å². The molecule has 0 bridgehead atoms. The van der Waals surface area contributed by atoms with Crippen molar-refractivity contribution in [2.24, 2.45) is 0 Å². The molecule has 0 unspecified atom stereocenters. The van der Waals surface area contributed by atoms with Gasteiger partial charge in [-0.2, -0.15) is 0 Å². The van der Waals surface area contributed by atoms with E-state index in [1.165, 1.54) is 0 Å². The summed E-state index contributed by atoms with van der Waals surface area (Å²) in [5, 5.41) is 12.3. The molecular weight excluding hydrogens is 236 g/mol. The van der Waals surface area contributed by atoms with Crippen LogP contribution in [0.4, 0.5) is 4.79 Å². The highest BCUT2D eigenvalue weighted by Gasteiger charge is 2.07. The number of benzene rings is 1. The zero-order chi connectivity index (χ0) is 13.0. The Hall–Kier alpha value is -2.63. The molecule has 0 atom stereocenters. The van der Waals surface area contributed by atoms with Crippen LogP contribution in [-0.2, 0) is 4.79 Å². The van der Waals surface area contributed by atoms with E-state index in [-0.39, 0.29) is 5.88 Å². The molecule has 0 aliphatic carbocycles. The first-order valence-electron chi connectivity index (χ1n) is 5.17. The molecular formula is C12H10N2O4. The fourth-order valence-electron chi connectivity index (χ4n) is 1.40. The number of hydrogen-bond acceptors (Lipinski definition) is 4. The Bertz CT molecular complexity index is 597. The summed E-state index contributed by atoms with van der Waals surface area (Å²) in [6.07, 6.45) is 0.731. The molecule has 0 saturated heterocycles. The van der Waals surface area contributed by atoms with E-state index >= 15 is 0 Å². The fourth-order valence-corrected chi connectivity index (χ4v) is 1.40. The highest BCUT2D eigenvalue weighted by atomic mass is 16.6. The number of carbonyl (C=O) groups excluding carboxylic acids is 1. The van der Waals surface area contributed by atoms with Crippen LogP contribution in [0.3, 0.4) is 0 Å². The van der Waals surface area contributed by atoms with E-state index in [0.717, 1.165) is 10.8 Å². The van der Waals surface area contributed by atoms with E-state index in [9.17, 15) is 9.59 Å². The van der Waals surface area contributed by atoms with Gasteiger partial charge in [0.2, 0.25) is 5.88 Å². The second-order valence-corrected chi connectivity index (χ2v) is 3.51. The van der Waals surface area contributed by atoms with Gasteiger partial charge in [-0.3, -0.25) is 4.79 Å². The zero-order valence-electron chi connectivity index (χ0n) is 9.29. The predicted octanol–water partition coefficient (Wildman–Crippen LogP) is 1.41. The van der Waals surface area contributed by atoms with Gasteiger partial charge in [-0.15, -0.1) is 0 Å². The third-order valence-electron chi connectivity index (χ3n) is 2.19. The number of ether oxygens (including phenoxy) is 1. The highest BCUT2D eigenvalue weighted by Crippen LogP contribution is 2.17. The molecule has 0 fully saturated rings. The summed E-state index contributed by atoms with van der Waals surface area (Å²) in [6.45, 7) is -0.494. The van der Waals surface area contributed by atoms with Crippen molar-refractivity contribution in [2.75, 3.05) is 6.54 Å². The van der Waals surface area contributed by atoms with Gasteiger partial charge >= 0.3 is 12.1 Å². The number of rotatable bonds is 3. The topological polar surface area (TPSA) is 88.5 Å². The molecule has 1 amide bonds. The smallest absolute Gasteiger partial charge is 0.414 e. The summed E-state index contributed by atoms with van der Waals surface area (Å²) in [5.74, 6) is -1.02. The number of fused-ring (bicyclic) bond motifs is 1. The first-order valence-corrected chi connectivity index (χ1v) is 5.17. The van der Waals surface area contributed by atoms with Crippen LogP contribution < -0.4 is 10.1 Å². The van der Waals surface area contributed by atoms with E-state index < -0.39 is 18.6 Å². The van der Waals surface area contributed by atoms with Crippen LogP contribution in [0.2, 0.25) is 0 Å². The number of carbonyl (C=O) groups is 2. The molecule has 18 heavy (non-hydrogen) atoms. The zero-order valence-corrected chi connectivity index (χ0v) is 9.29. The summed E-state index contributed by atoms with van der Waals surface area (Å²) in [4.78, 5) is 25.4. The molecule has 1 aromatic heterocycles. The van der Waals surface area contributed by atoms with Gasteiger partial charge in [0.25, 0.3) is 0 Å². The van der Waals surface area contributed by atoms with Gasteiger partial charge in [0.05, 0.1) is 0 Å². The maximum absolute atomic E-state index is 11.2. The van der Waals surface area contributed by atoms with Gasteiger partial charge in [-0.1, -0.05) is 24.3 Å². The van der Waals surface area contributed by atoms with Crippen molar-refractivity contribution in [3.63, 3.8) is 0 Å². The normalized spacial score (nSPS) is 10.0. The predicted molar refractivity (Wildman–Crippen MR) is 63.4 cm³/mol. The van der Waals surface area contributed by atoms with Gasteiger partial charge in [0, 0.05) is 17.6 Å². The number of nitrogens with zero attached hydrogens (tertiary/aromatic N) is 1. The van der Waals surface area contributed by atoms with E-state index in [2.05, 4.69) is 10.3 Å². The van der Waals surface area contributed by atoms with Crippen molar-refractivity contribution in [1.29, 1.82) is 0 Å².